The summed E-state index contributed by atoms with van der Waals surface area (Å²) in [6.45, 7) is 0. The lowest BCUT2D eigenvalue weighted by Gasteiger charge is -2.14. The van der Waals surface area contributed by atoms with Crippen molar-refractivity contribution in [2.75, 3.05) is 0 Å². The lowest BCUT2D eigenvalue weighted by atomic mass is 9.96. The third-order valence-electron chi connectivity index (χ3n) is 11.1. The molecule has 57 heavy (non-hydrogen) atoms. The second kappa shape index (κ2) is 12.3. The quantitative estimate of drug-likeness (QED) is 0.176. The van der Waals surface area contributed by atoms with Gasteiger partial charge in [0.2, 0.25) is 5.95 Å². The fraction of sp³-hybridized carbons (Fsp3) is 0. The van der Waals surface area contributed by atoms with Gasteiger partial charge < -0.3 is 8.83 Å². The third-order valence-corrected chi connectivity index (χ3v) is 11.1. The van der Waals surface area contributed by atoms with Crippen LogP contribution in [0.1, 0.15) is 0 Å². The first-order valence-corrected chi connectivity index (χ1v) is 19.0. The lowest BCUT2D eigenvalue weighted by molar-refractivity contribution is 0.669. The van der Waals surface area contributed by atoms with Crippen LogP contribution in [0, 0.1) is 0 Å². The Kier molecular flexibility index (Phi) is 6.83. The highest BCUT2D eigenvalue weighted by molar-refractivity contribution is 6.27. The summed E-state index contributed by atoms with van der Waals surface area (Å²) < 4.78 is 15.1. The van der Waals surface area contributed by atoms with Crippen LogP contribution in [-0.2, 0) is 0 Å². The monoisotopic (exact) mass is 730 g/mol. The molecule has 0 aliphatic heterocycles. The van der Waals surface area contributed by atoms with E-state index in [0.717, 1.165) is 99.1 Å². The number of rotatable bonds is 5. The average molecular weight is 731 g/mol. The van der Waals surface area contributed by atoms with E-state index in [2.05, 4.69) is 144 Å². The molecule has 0 fully saturated rings. The number of benzene rings is 8. The molecular formula is C51H30N4O2. The van der Waals surface area contributed by atoms with Gasteiger partial charge in [-0.1, -0.05) is 140 Å². The van der Waals surface area contributed by atoms with Gasteiger partial charge in [-0.05, 0) is 64.7 Å². The van der Waals surface area contributed by atoms with Gasteiger partial charge >= 0.3 is 0 Å². The van der Waals surface area contributed by atoms with Crippen LogP contribution in [0.15, 0.2) is 191 Å². The number of hydrogen-bond donors (Lipinski definition) is 0. The second-order valence-corrected chi connectivity index (χ2v) is 14.3. The normalized spacial score (nSPS) is 11.9. The van der Waals surface area contributed by atoms with Crippen molar-refractivity contribution >= 4 is 65.7 Å². The largest absolute Gasteiger partial charge is 0.456 e. The molecule has 8 aromatic carbocycles. The van der Waals surface area contributed by atoms with Crippen molar-refractivity contribution in [2.24, 2.45) is 0 Å². The maximum absolute atomic E-state index is 6.57. The Hall–Kier alpha value is -7.83. The van der Waals surface area contributed by atoms with Crippen LogP contribution in [0.25, 0.3) is 117 Å². The molecule has 0 radical (unpaired) electrons. The number of fused-ring (bicyclic) bond motifs is 10. The fourth-order valence-electron chi connectivity index (χ4n) is 8.58. The minimum Gasteiger partial charge on any atom is -0.456 e. The molecule has 0 atom stereocenters. The Balaban J connectivity index is 1.19. The molecule has 6 heteroatoms. The Morgan fingerprint density at radius 1 is 0.333 bits per heavy atom. The van der Waals surface area contributed by atoms with E-state index in [9.17, 15) is 0 Å². The van der Waals surface area contributed by atoms with Crippen molar-refractivity contribution in [2.45, 2.75) is 0 Å². The van der Waals surface area contributed by atoms with Crippen LogP contribution in [0.3, 0.4) is 0 Å². The van der Waals surface area contributed by atoms with E-state index in [4.69, 9.17) is 23.8 Å². The highest BCUT2D eigenvalue weighted by Crippen LogP contribution is 2.43. The maximum atomic E-state index is 6.57. The summed E-state index contributed by atoms with van der Waals surface area (Å²) in [5, 5.41) is 6.45. The molecule has 0 saturated carbocycles. The molecule has 12 aromatic rings. The number of nitrogens with zero attached hydrogens (tertiary/aromatic N) is 4. The zero-order chi connectivity index (χ0) is 37.5. The van der Waals surface area contributed by atoms with Crippen LogP contribution in [-0.4, -0.2) is 19.5 Å². The number of para-hydroxylation sites is 3. The molecule has 0 saturated heterocycles. The van der Waals surface area contributed by atoms with E-state index in [1.807, 2.05) is 42.5 Å². The fourth-order valence-corrected chi connectivity index (χ4v) is 8.58. The highest BCUT2D eigenvalue weighted by atomic mass is 16.3. The third kappa shape index (κ3) is 4.87. The minimum atomic E-state index is 0.516. The summed E-state index contributed by atoms with van der Waals surface area (Å²) in [4.78, 5) is 16.1. The summed E-state index contributed by atoms with van der Waals surface area (Å²) in [6, 6.07) is 62.5. The first kappa shape index (κ1) is 31.5. The molecule has 0 spiro atoms. The van der Waals surface area contributed by atoms with Gasteiger partial charge in [-0.25, -0.2) is 4.98 Å². The Morgan fingerprint density at radius 2 is 0.912 bits per heavy atom. The van der Waals surface area contributed by atoms with E-state index in [0.29, 0.717) is 17.6 Å². The van der Waals surface area contributed by atoms with Crippen molar-refractivity contribution < 1.29 is 8.83 Å². The van der Waals surface area contributed by atoms with Gasteiger partial charge in [0.25, 0.3) is 0 Å². The number of aromatic nitrogens is 4. The SMILES string of the molecule is c1ccc(-c2ccccc2-c2nc(-c3cc(-c4ccccc4)c4c(c3)oc3ccccc34)nc(-n3c4ccccc4c4c5c(ccc43)oc3ccccc35)n2)cc1. The van der Waals surface area contributed by atoms with Crippen LogP contribution >= 0.6 is 0 Å². The molecule has 6 nitrogen and oxygen atoms in total. The van der Waals surface area contributed by atoms with Gasteiger partial charge in [0.1, 0.15) is 22.3 Å². The minimum absolute atomic E-state index is 0.516. The zero-order valence-electron chi connectivity index (χ0n) is 30.4. The predicted molar refractivity (Wildman–Crippen MR) is 230 cm³/mol. The molecule has 0 bridgehead atoms. The van der Waals surface area contributed by atoms with Crippen molar-refractivity contribution in [1.29, 1.82) is 0 Å². The van der Waals surface area contributed by atoms with Crippen molar-refractivity contribution in [3.63, 3.8) is 0 Å². The van der Waals surface area contributed by atoms with E-state index < -0.39 is 0 Å². The summed E-state index contributed by atoms with van der Waals surface area (Å²) in [5.74, 6) is 1.63. The van der Waals surface area contributed by atoms with E-state index in [-0.39, 0.29) is 0 Å². The molecular weight excluding hydrogens is 701 g/mol. The topological polar surface area (TPSA) is 69.9 Å². The van der Waals surface area contributed by atoms with Gasteiger partial charge in [-0.3, -0.25) is 4.57 Å². The van der Waals surface area contributed by atoms with Gasteiger partial charge in [0, 0.05) is 43.4 Å². The number of hydrogen-bond acceptors (Lipinski definition) is 5. The molecule has 0 unspecified atom stereocenters. The van der Waals surface area contributed by atoms with Crippen LogP contribution in [0.5, 0.6) is 0 Å². The Morgan fingerprint density at radius 3 is 1.67 bits per heavy atom. The van der Waals surface area contributed by atoms with E-state index in [1.54, 1.807) is 0 Å². The standard InChI is InChI=1S/C51H30N4O2/c1-3-15-31(16-4-1)34-19-7-8-20-35(34)50-52-49(33-29-39(32-17-5-2-6-18-32)46-37-22-10-13-25-42(37)57-45(46)30-33)53-51(54-50)55-40-24-12-9-21-36(40)47-41(55)27-28-44-48(47)38-23-11-14-26-43(38)56-44/h1-30H. The molecule has 12 rings (SSSR count). The molecule has 0 aliphatic carbocycles. The molecule has 0 N–H and O–H groups in total. The van der Waals surface area contributed by atoms with E-state index >= 15 is 0 Å². The predicted octanol–water partition coefficient (Wildman–Crippen LogP) is 13.4. The van der Waals surface area contributed by atoms with Gasteiger partial charge in [-0.2, -0.15) is 9.97 Å². The van der Waals surface area contributed by atoms with Crippen molar-refractivity contribution in [1.82, 2.24) is 19.5 Å². The molecule has 0 amide bonds. The average Bonchev–Trinajstić information content (AvgIpc) is 3.96. The van der Waals surface area contributed by atoms with Gasteiger partial charge in [0.15, 0.2) is 11.6 Å². The Labute approximate surface area is 325 Å². The van der Waals surface area contributed by atoms with Crippen LogP contribution in [0.2, 0.25) is 0 Å². The van der Waals surface area contributed by atoms with Crippen LogP contribution < -0.4 is 0 Å². The summed E-state index contributed by atoms with van der Waals surface area (Å²) in [5.41, 5.74) is 11.2. The molecule has 4 heterocycles. The smallest absolute Gasteiger partial charge is 0.238 e. The first-order chi connectivity index (χ1) is 28.3. The first-order valence-electron chi connectivity index (χ1n) is 19.0. The summed E-state index contributed by atoms with van der Waals surface area (Å²) >= 11 is 0. The summed E-state index contributed by atoms with van der Waals surface area (Å²) in [7, 11) is 0. The molecule has 0 aliphatic rings. The van der Waals surface area contributed by atoms with Gasteiger partial charge in [-0.15, -0.1) is 0 Å². The maximum Gasteiger partial charge on any atom is 0.238 e. The molecule has 266 valence electrons. The van der Waals surface area contributed by atoms with Crippen molar-refractivity contribution in [3.8, 4) is 51.0 Å². The Bertz CT molecular complexity index is 3530. The lowest BCUT2D eigenvalue weighted by Crippen LogP contribution is -2.07. The number of furan rings is 2. The van der Waals surface area contributed by atoms with E-state index in [1.165, 1.54) is 0 Å². The molecule has 4 aromatic heterocycles. The van der Waals surface area contributed by atoms with Gasteiger partial charge in [0.05, 0.1) is 11.0 Å². The zero-order valence-corrected chi connectivity index (χ0v) is 30.4. The highest BCUT2D eigenvalue weighted by Gasteiger charge is 2.23. The van der Waals surface area contributed by atoms with Crippen LogP contribution in [0.4, 0.5) is 0 Å². The second-order valence-electron chi connectivity index (χ2n) is 14.3. The summed E-state index contributed by atoms with van der Waals surface area (Å²) in [6.07, 6.45) is 0. The van der Waals surface area contributed by atoms with Crippen molar-refractivity contribution in [3.05, 3.63) is 182 Å².